The minimum absolute atomic E-state index is 0.0983. The molecule has 0 atom stereocenters. The fourth-order valence-corrected chi connectivity index (χ4v) is 9.14. The Morgan fingerprint density at radius 3 is 1.83 bits per heavy atom. The summed E-state index contributed by atoms with van der Waals surface area (Å²) in [5.41, 5.74) is 15.6. The lowest BCUT2D eigenvalue weighted by atomic mass is 9.78. The smallest absolute Gasteiger partial charge is 0.149 e. The fourth-order valence-electron chi connectivity index (χ4n) is 9.14. The zero-order chi connectivity index (χ0) is 49.2. The number of rotatable bonds is 7. The lowest BCUT2D eigenvalue weighted by molar-refractivity contribution is 0.471. The summed E-state index contributed by atoms with van der Waals surface area (Å²) >= 11 is 0. The first-order valence-electron chi connectivity index (χ1n) is 24.5. The van der Waals surface area contributed by atoms with E-state index in [9.17, 15) is 9.22 Å². The van der Waals surface area contributed by atoms with E-state index >= 15 is 0 Å². The quantitative estimate of drug-likeness (QED) is 0.174. The van der Waals surface area contributed by atoms with E-state index in [0.717, 1.165) is 72.5 Å². The van der Waals surface area contributed by atoms with Crippen molar-refractivity contribution < 1.29 is 9.22 Å². The molecule has 330 valence electrons. The maximum atomic E-state index is 12.1. The third-order valence-electron chi connectivity index (χ3n) is 12.8. The maximum Gasteiger partial charge on any atom is 0.149 e. The normalized spacial score (nSPS) is 13.1. The molecule has 0 bridgehead atoms. The molecule has 7 aromatic carbocycles. The van der Waals surface area contributed by atoms with Crippen LogP contribution in [-0.4, -0.2) is 19.6 Å². The highest BCUT2D eigenvalue weighted by atomic mass is 16.3. The Morgan fingerprint density at radius 2 is 1.15 bits per heavy atom. The molecule has 0 saturated carbocycles. The Labute approximate surface area is 395 Å². The molecule has 9 aromatic rings. The molecule has 4 heteroatoms. The van der Waals surface area contributed by atoms with Gasteiger partial charge >= 0.3 is 0 Å². The van der Waals surface area contributed by atoms with Gasteiger partial charge in [-0.05, 0) is 145 Å². The molecule has 0 aliphatic carbocycles. The minimum atomic E-state index is -2.54. The molecule has 0 radical (unpaired) electrons. The summed E-state index contributed by atoms with van der Waals surface area (Å²) in [5.74, 6) is 0.549. The van der Waals surface area contributed by atoms with Gasteiger partial charge in [0.2, 0.25) is 0 Å². The zero-order valence-corrected chi connectivity index (χ0v) is 39.9. The SMILES string of the molecule is [2H]C([2H])([2H])c1cc(-c2c(-c3ccccc3)cccc2C(C)(C)C)ccc1-n1c(-c2cc(C(C)(C)C)cc(C)c2O)nc2c(-c3cc(-c4cc(-c5ccccc5)ccn4)cc(C(C)(C)C)c3)cccc21. The van der Waals surface area contributed by atoms with E-state index in [2.05, 4.69) is 135 Å². The first-order valence-corrected chi connectivity index (χ1v) is 23.0. The van der Waals surface area contributed by atoms with Gasteiger partial charge in [-0.2, -0.15) is 0 Å². The molecule has 4 nitrogen and oxygen atoms in total. The summed E-state index contributed by atoms with van der Waals surface area (Å²) in [7, 11) is 0. The van der Waals surface area contributed by atoms with Crippen molar-refractivity contribution in [2.45, 2.75) is 92.3 Å². The van der Waals surface area contributed by atoms with E-state index in [1.807, 2.05) is 103 Å². The molecule has 0 aliphatic heterocycles. The van der Waals surface area contributed by atoms with Crippen molar-refractivity contribution >= 4 is 11.0 Å². The Hall–Kier alpha value is -7.04. The lowest BCUT2D eigenvalue weighted by Gasteiger charge is -2.26. The van der Waals surface area contributed by atoms with Crippen LogP contribution in [0.2, 0.25) is 0 Å². The number of hydrogen-bond donors (Lipinski definition) is 1. The molecule has 9 rings (SSSR count). The van der Waals surface area contributed by atoms with Crippen LogP contribution >= 0.6 is 0 Å². The minimum Gasteiger partial charge on any atom is -0.507 e. The molecule has 0 spiro atoms. The van der Waals surface area contributed by atoms with Gasteiger partial charge in [-0.15, -0.1) is 0 Å². The second-order valence-corrected chi connectivity index (χ2v) is 20.8. The summed E-state index contributed by atoms with van der Waals surface area (Å²) < 4.78 is 29.6. The van der Waals surface area contributed by atoms with E-state index in [4.69, 9.17) is 9.97 Å². The molecule has 0 aliphatic rings. The third kappa shape index (κ3) is 8.37. The predicted molar refractivity (Wildman–Crippen MR) is 279 cm³/mol. The number of aromatic hydroxyl groups is 1. The largest absolute Gasteiger partial charge is 0.507 e. The first-order chi connectivity index (χ1) is 32.6. The number of pyridine rings is 1. The van der Waals surface area contributed by atoms with Gasteiger partial charge in [-0.25, -0.2) is 4.98 Å². The van der Waals surface area contributed by atoms with Crippen LogP contribution in [0.25, 0.3) is 83.9 Å². The average molecular weight is 867 g/mol. The molecular weight excluding hydrogens is 803 g/mol. The van der Waals surface area contributed by atoms with Gasteiger partial charge in [0.15, 0.2) is 0 Å². The predicted octanol–water partition coefficient (Wildman–Crippen LogP) is 16.6. The molecule has 0 fully saturated rings. The molecule has 0 saturated heterocycles. The van der Waals surface area contributed by atoms with Crippen LogP contribution in [0.15, 0.2) is 164 Å². The molecule has 0 unspecified atom stereocenters. The zero-order valence-electron chi connectivity index (χ0n) is 42.9. The summed E-state index contributed by atoms with van der Waals surface area (Å²) in [5, 5.41) is 12.1. The van der Waals surface area contributed by atoms with E-state index in [1.54, 1.807) is 0 Å². The van der Waals surface area contributed by atoms with Gasteiger partial charge in [0.1, 0.15) is 11.6 Å². The number of aryl methyl sites for hydroxylation is 2. The molecule has 0 amide bonds. The summed E-state index contributed by atoms with van der Waals surface area (Å²) in [4.78, 5) is 10.4. The summed E-state index contributed by atoms with van der Waals surface area (Å²) in [6, 6.07) is 53.8. The maximum absolute atomic E-state index is 12.1. The highest BCUT2D eigenvalue weighted by Crippen LogP contribution is 2.45. The van der Waals surface area contributed by atoms with E-state index < -0.39 is 6.85 Å². The second kappa shape index (κ2) is 16.7. The Bertz CT molecular complexity index is 3380. The third-order valence-corrected chi connectivity index (χ3v) is 12.8. The number of nitrogens with zero attached hydrogens (tertiary/aromatic N) is 3. The van der Waals surface area contributed by atoms with Gasteiger partial charge in [0, 0.05) is 21.4 Å². The fraction of sp³-hybridized carbons (Fsp3) is 0.226. The van der Waals surface area contributed by atoms with Crippen LogP contribution < -0.4 is 0 Å². The summed E-state index contributed by atoms with van der Waals surface area (Å²) in [6.45, 7) is 19.1. The Morgan fingerprint density at radius 1 is 0.500 bits per heavy atom. The van der Waals surface area contributed by atoms with Crippen molar-refractivity contribution in [3.63, 3.8) is 0 Å². The van der Waals surface area contributed by atoms with Crippen molar-refractivity contribution in [1.82, 2.24) is 14.5 Å². The first kappa shape index (κ1) is 40.5. The Balaban J connectivity index is 1.34. The van der Waals surface area contributed by atoms with Crippen molar-refractivity contribution in [3.05, 3.63) is 192 Å². The van der Waals surface area contributed by atoms with Gasteiger partial charge in [0.25, 0.3) is 0 Å². The number of para-hydroxylation sites is 1. The second-order valence-electron chi connectivity index (χ2n) is 20.8. The van der Waals surface area contributed by atoms with Gasteiger partial charge in [-0.3, -0.25) is 9.55 Å². The standard InChI is InChI=1S/C62H61N3O/c1-39-32-44(56-49(42-22-16-13-17-23-42)24-18-26-52(56)62(9,10)11)28-29-54(39)65-55-27-19-25-50(57(55)64-59(65)51-38-47(60(3,4)5)33-40(2)58(51)66)45-34-46(36-48(35-45)61(6,7)8)53-37-43(30-31-63-53)41-20-14-12-15-21-41/h12-38,66H,1-11H3/i1D3. The van der Waals surface area contributed by atoms with Gasteiger partial charge in [0.05, 0.1) is 28.0 Å². The monoisotopic (exact) mass is 867 g/mol. The lowest BCUT2D eigenvalue weighted by Crippen LogP contribution is -2.13. The van der Waals surface area contributed by atoms with Crippen LogP contribution in [0, 0.1) is 13.8 Å². The van der Waals surface area contributed by atoms with E-state index in [1.165, 1.54) is 0 Å². The highest BCUT2D eigenvalue weighted by molar-refractivity contribution is 5.97. The van der Waals surface area contributed by atoms with Crippen molar-refractivity contribution in [3.8, 4) is 78.6 Å². The van der Waals surface area contributed by atoms with Crippen molar-refractivity contribution in [2.24, 2.45) is 0 Å². The van der Waals surface area contributed by atoms with Gasteiger partial charge < -0.3 is 5.11 Å². The molecular formula is C62H61N3O. The molecule has 66 heavy (non-hydrogen) atoms. The average Bonchev–Trinajstić information content (AvgIpc) is 3.70. The number of aromatic nitrogens is 3. The van der Waals surface area contributed by atoms with Crippen LogP contribution in [0.1, 0.15) is 94.2 Å². The molecule has 2 aromatic heterocycles. The number of phenols is 1. The van der Waals surface area contributed by atoms with Crippen molar-refractivity contribution in [2.75, 3.05) is 0 Å². The topological polar surface area (TPSA) is 50.9 Å². The van der Waals surface area contributed by atoms with Crippen LogP contribution in [0.4, 0.5) is 0 Å². The summed E-state index contributed by atoms with van der Waals surface area (Å²) in [6.07, 6.45) is 1.87. The van der Waals surface area contributed by atoms with Crippen LogP contribution in [-0.2, 0) is 16.2 Å². The van der Waals surface area contributed by atoms with E-state index in [0.29, 0.717) is 33.7 Å². The van der Waals surface area contributed by atoms with Crippen LogP contribution in [0.3, 0.4) is 0 Å². The number of hydrogen-bond acceptors (Lipinski definition) is 3. The number of phenolic OH excluding ortho intramolecular Hbond substituents is 1. The van der Waals surface area contributed by atoms with E-state index in [-0.39, 0.29) is 27.6 Å². The highest BCUT2D eigenvalue weighted by Gasteiger charge is 2.27. The van der Waals surface area contributed by atoms with Gasteiger partial charge in [-0.1, -0.05) is 172 Å². The number of benzene rings is 7. The van der Waals surface area contributed by atoms with Crippen LogP contribution in [0.5, 0.6) is 5.75 Å². The number of fused-ring (bicyclic) bond motifs is 1. The molecule has 1 N–H and O–H groups in total. The Kier molecular flexibility index (Phi) is 10.3. The molecule has 2 heterocycles. The number of imidazole rings is 1. The van der Waals surface area contributed by atoms with Crippen molar-refractivity contribution in [1.29, 1.82) is 0 Å².